The van der Waals surface area contributed by atoms with E-state index < -0.39 is 5.97 Å². The van der Waals surface area contributed by atoms with Crippen LogP contribution in [-0.2, 0) is 6.54 Å². The number of pyridine rings is 1. The van der Waals surface area contributed by atoms with Gasteiger partial charge in [-0.2, -0.15) is 0 Å². The fourth-order valence-corrected chi connectivity index (χ4v) is 2.13. The topological polar surface area (TPSA) is 53.4 Å². The Morgan fingerprint density at radius 2 is 2.50 bits per heavy atom. The average Bonchev–Trinajstić information content (AvgIpc) is 2.65. The number of hydrogen-bond donors (Lipinski definition) is 1. The summed E-state index contributed by atoms with van der Waals surface area (Å²) < 4.78 is 0. The molecule has 1 aromatic rings. The van der Waals surface area contributed by atoms with Crippen LogP contribution in [0.1, 0.15) is 35.8 Å². The van der Waals surface area contributed by atoms with Crippen LogP contribution in [0.2, 0.25) is 0 Å². The van der Waals surface area contributed by atoms with Crippen LogP contribution in [-0.4, -0.2) is 33.5 Å². The van der Waals surface area contributed by atoms with E-state index in [9.17, 15) is 4.79 Å². The van der Waals surface area contributed by atoms with Crippen molar-refractivity contribution in [2.75, 3.05) is 6.54 Å². The van der Waals surface area contributed by atoms with Crippen LogP contribution in [0.4, 0.5) is 0 Å². The van der Waals surface area contributed by atoms with E-state index in [-0.39, 0.29) is 0 Å². The van der Waals surface area contributed by atoms with Crippen LogP contribution in [0.5, 0.6) is 0 Å². The van der Waals surface area contributed by atoms with Crippen molar-refractivity contribution >= 4 is 5.97 Å². The molecule has 1 unspecified atom stereocenters. The lowest BCUT2D eigenvalue weighted by molar-refractivity contribution is 0.0696. The monoisotopic (exact) mass is 220 g/mol. The summed E-state index contributed by atoms with van der Waals surface area (Å²) in [6.07, 6.45) is 4.01. The molecule has 0 bridgehead atoms. The molecule has 1 saturated heterocycles. The molecule has 16 heavy (non-hydrogen) atoms. The lowest BCUT2D eigenvalue weighted by Crippen LogP contribution is -2.26. The minimum Gasteiger partial charge on any atom is -0.478 e. The second-order valence-corrected chi connectivity index (χ2v) is 4.30. The van der Waals surface area contributed by atoms with Crippen molar-refractivity contribution in [3.05, 3.63) is 29.6 Å². The molecule has 4 heteroatoms. The van der Waals surface area contributed by atoms with Crippen molar-refractivity contribution in [1.29, 1.82) is 0 Å². The van der Waals surface area contributed by atoms with Gasteiger partial charge in [0.2, 0.25) is 0 Å². The zero-order valence-corrected chi connectivity index (χ0v) is 9.39. The number of aromatic carboxylic acids is 1. The Morgan fingerprint density at radius 3 is 3.12 bits per heavy atom. The van der Waals surface area contributed by atoms with Gasteiger partial charge < -0.3 is 5.11 Å². The van der Waals surface area contributed by atoms with Gasteiger partial charge in [0.05, 0.1) is 11.3 Å². The Morgan fingerprint density at radius 1 is 1.69 bits per heavy atom. The minimum absolute atomic E-state index is 0.317. The van der Waals surface area contributed by atoms with Crippen molar-refractivity contribution < 1.29 is 9.90 Å². The Hall–Kier alpha value is -1.42. The van der Waals surface area contributed by atoms with Gasteiger partial charge in [0.15, 0.2) is 0 Å². The van der Waals surface area contributed by atoms with Gasteiger partial charge in [0, 0.05) is 18.8 Å². The lowest BCUT2D eigenvalue weighted by atomic mass is 10.2. The summed E-state index contributed by atoms with van der Waals surface area (Å²) in [5.74, 6) is -0.891. The molecule has 4 nitrogen and oxygen atoms in total. The highest BCUT2D eigenvalue weighted by molar-refractivity contribution is 5.87. The van der Waals surface area contributed by atoms with Gasteiger partial charge in [-0.15, -0.1) is 0 Å². The number of rotatable bonds is 3. The zero-order chi connectivity index (χ0) is 11.5. The lowest BCUT2D eigenvalue weighted by Gasteiger charge is -2.20. The van der Waals surface area contributed by atoms with Gasteiger partial charge in [0.1, 0.15) is 0 Å². The first kappa shape index (κ1) is 11.1. The van der Waals surface area contributed by atoms with Gasteiger partial charge in [-0.05, 0) is 38.4 Å². The van der Waals surface area contributed by atoms with E-state index in [0.29, 0.717) is 11.6 Å². The Balaban J connectivity index is 2.09. The molecular formula is C12H16N2O2. The fraction of sp³-hybridized carbons (Fsp3) is 0.500. The number of hydrogen-bond acceptors (Lipinski definition) is 3. The molecule has 1 atom stereocenters. The van der Waals surface area contributed by atoms with Crippen LogP contribution in [0.25, 0.3) is 0 Å². The molecule has 1 aromatic heterocycles. The van der Waals surface area contributed by atoms with Crippen molar-refractivity contribution in [3.63, 3.8) is 0 Å². The average molecular weight is 220 g/mol. The number of carbonyl (C=O) groups is 1. The molecule has 1 aliphatic rings. The summed E-state index contributed by atoms with van der Waals surface area (Å²) >= 11 is 0. The number of nitrogens with zero attached hydrogens (tertiary/aromatic N) is 2. The molecule has 1 fully saturated rings. The van der Waals surface area contributed by atoms with Crippen molar-refractivity contribution in [1.82, 2.24) is 9.88 Å². The maximum atomic E-state index is 10.8. The third-order valence-corrected chi connectivity index (χ3v) is 3.12. The highest BCUT2D eigenvalue weighted by Crippen LogP contribution is 2.18. The first-order chi connectivity index (χ1) is 7.66. The van der Waals surface area contributed by atoms with Crippen LogP contribution < -0.4 is 0 Å². The maximum Gasteiger partial charge on any atom is 0.335 e. The molecule has 2 heterocycles. The smallest absolute Gasteiger partial charge is 0.335 e. The van der Waals surface area contributed by atoms with E-state index >= 15 is 0 Å². The first-order valence-corrected chi connectivity index (χ1v) is 5.59. The highest BCUT2D eigenvalue weighted by atomic mass is 16.4. The summed E-state index contributed by atoms with van der Waals surface area (Å²) in [6.45, 7) is 4.04. The molecule has 0 saturated carbocycles. The fourth-order valence-electron chi connectivity index (χ4n) is 2.13. The van der Waals surface area contributed by atoms with E-state index in [1.54, 1.807) is 12.3 Å². The molecule has 86 valence electrons. The van der Waals surface area contributed by atoms with Gasteiger partial charge >= 0.3 is 5.97 Å². The second kappa shape index (κ2) is 4.61. The normalized spacial score (nSPS) is 21.2. The second-order valence-electron chi connectivity index (χ2n) is 4.30. The van der Waals surface area contributed by atoms with E-state index in [1.165, 1.54) is 18.9 Å². The number of carboxylic acid groups (broad SMARTS) is 1. The molecule has 2 rings (SSSR count). The Bertz CT molecular complexity index is 392. The van der Waals surface area contributed by atoms with Crippen LogP contribution in [0.15, 0.2) is 18.3 Å². The van der Waals surface area contributed by atoms with E-state index in [4.69, 9.17) is 5.11 Å². The molecular weight excluding hydrogens is 204 g/mol. The maximum absolute atomic E-state index is 10.8. The molecule has 0 aromatic carbocycles. The number of carboxylic acids is 1. The summed E-state index contributed by atoms with van der Waals surface area (Å²) in [4.78, 5) is 17.4. The zero-order valence-electron chi connectivity index (χ0n) is 9.39. The summed E-state index contributed by atoms with van der Waals surface area (Å²) in [5, 5.41) is 8.88. The van der Waals surface area contributed by atoms with Crippen LogP contribution in [0, 0.1) is 0 Å². The molecule has 1 aliphatic heterocycles. The van der Waals surface area contributed by atoms with E-state index in [1.807, 2.05) is 0 Å². The predicted molar refractivity (Wildman–Crippen MR) is 60.3 cm³/mol. The molecule has 0 radical (unpaired) electrons. The van der Waals surface area contributed by atoms with Gasteiger partial charge in [-0.1, -0.05) is 0 Å². The van der Waals surface area contributed by atoms with Gasteiger partial charge in [-0.3, -0.25) is 9.88 Å². The van der Waals surface area contributed by atoms with E-state index in [0.717, 1.165) is 18.8 Å². The third kappa shape index (κ3) is 2.39. The third-order valence-electron chi connectivity index (χ3n) is 3.12. The van der Waals surface area contributed by atoms with Gasteiger partial charge in [0.25, 0.3) is 0 Å². The number of likely N-dealkylation sites (tertiary alicyclic amines) is 1. The minimum atomic E-state index is -0.891. The van der Waals surface area contributed by atoms with E-state index in [2.05, 4.69) is 16.8 Å². The Kier molecular flexibility index (Phi) is 3.19. The quantitative estimate of drug-likeness (QED) is 0.843. The molecule has 0 spiro atoms. The standard InChI is InChI=1S/C12H16N2O2/c1-9-3-2-6-14(9)8-11-7-10(12(15)16)4-5-13-11/h4-5,7,9H,2-3,6,8H2,1H3,(H,15,16). The summed E-state index contributed by atoms with van der Waals surface area (Å²) in [5.41, 5.74) is 1.16. The predicted octanol–water partition coefficient (Wildman–Crippen LogP) is 1.76. The SMILES string of the molecule is CC1CCCN1Cc1cc(C(=O)O)ccn1. The largest absolute Gasteiger partial charge is 0.478 e. The Labute approximate surface area is 94.9 Å². The van der Waals surface area contributed by atoms with Crippen LogP contribution >= 0.6 is 0 Å². The first-order valence-electron chi connectivity index (χ1n) is 5.59. The summed E-state index contributed by atoms with van der Waals surface area (Å²) in [6, 6.07) is 3.77. The van der Waals surface area contributed by atoms with Crippen LogP contribution in [0.3, 0.4) is 0 Å². The van der Waals surface area contributed by atoms with Crippen molar-refractivity contribution in [2.24, 2.45) is 0 Å². The molecule has 0 amide bonds. The highest BCUT2D eigenvalue weighted by Gasteiger charge is 2.20. The van der Waals surface area contributed by atoms with Crippen molar-refractivity contribution in [3.8, 4) is 0 Å². The summed E-state index contributed by atoms with van der Waals surface area (Å²) in [7, 11) is 0. The molecule has 1 N–H and O–H groups in total. The van der Waals surface area contributed by atoms with Crippen molar-refractivity contribution in [2.45, 2.75) is 32.4 Å². The number of aromatic nitrogens is 1. The molecule has 0 aliphatic carbocycles. The van der Waals surface area contributed by atoms with Gasteiger partial charge in [-0.25, -0.2) is 4.79 Å².